The average molecular weight is 662 g/mol. The van der Waals surface area contributed by atoms with Crippen LogP contribution < -0.4 is 16.0 Å². The maximum atomic E-state index is 14.0. The van der Waals surface area contributed by atoms with Crippen LogP contribution in [0.5, 0.6) is 5.75 Å². The largest absolute Gasteiger partial charge is 0.573 e. The Bertz CT molecular complexity index is 1850. The number of hydrogen-bond donors (Lipinski definition) is 0. The van der Waals surface area contributed by atoms with Gasteiger partial charge in [0.25, 0.3) is 5.56 Å². The van der Waals surface area contributed by atoms with Gasteiger partial charge in [0.1, 0.15) is 17.5 Å². The molecule has 0 aliphatic rings. The van der Waals surface area contributed by atoms with Crippen molar-refractivity contribution in [2.24, 2.45) is 7.05 Å². The van der Waals surface area contributed by atoms with E-state index in [0.29, 0.717) is 23.6 Å². The summed E-state index contributed by atoms with van der Waals surface area (Å²) >= 11 is 6.08. The van der Waals surface area contributed by atoms with E-state index in [4.69, 9.17) is 16.0 Å². The summed E-state index contributed by atoms with van der Waals surface area (Å²) in [5.74, 6) is -1.63. The average Bonchev–Trinajstić information content (AvgIpc) is 3.30. The predicted molar refractivity (Wildman–Crippen MR) is 168 cm³/mol. The number of fused-ring (bicyclic) bond motifs is 1. The molecule has 0 radical (unpaired) electrons. The van der Waals surface area contributed by atoms with Gasteiger partial charge in [0.2, 0.25) is 0 Å². The number of hydrogen-bond acceptors (Lipinski definition) is 6. The Hall–Kier alpha value is -3.86. The molecule has 0 amide bonds. The zero-order valence-corrected chi connectivity index (χ0v) is 27.7. The van der Waals surface area contributed by atoms with Gasteiger partial charge in [0, 0.05) is 31.8 Å². The Morgan fingerprint density at radius 2 is 1.73 bits per heavy atom. The van der Waals surface area contributed by atoms with Crippen molar-refractivity contribution in [1.82, 2.24) is 18.7 Å². The molecule has 2 aromatic heterocycles. The quantitative estimate of drug-likeness (QED) is 0.141. The van der Waals surface area contributed by atoms with Crippen LogP contribution in [0.3, 0.4) is 0 Å². The van der Waals surface area contributed by atoms with E-state index in [1.807, 2.05) is 0 Å². The fourth-order valence-corrected chi connectivity index (χ4v) is 5.89. The monoisotopic (exact) mass is 661 g/mol. The molecule has 2 heterocycles. The van der Waals surface area contributed by atoms with Crippen LogP contribution in [0.15, 0.2) is 58.1 Å². The van der Waals surface area contributed by atoms with Gasteiger partial charge in [-0.2, -0.15) is 5.26 Å². The van der Waals surface area contributed by atoms with E-state index in [-0.39, 0.29) is 40.7 Å². The van der Waals surface area contributed by atoms with E-state index in [1.165, 1.54) is 28.3 Å². The molecule has 0 saturated heterocycles. The second-order valence-electron chi connectivity index (χ2n) is 12.3. The fraction of sp³-hybridized carbons (Fsp3) is 0.419. The molecule has 0 aliphatic heterocycles. The number of halogens is 4. The number of aryl methyl sites for hydroxylation is 1. The number of imidazole rings is 1. The lowest BCUT2D eigenvalue weighted by molar-refractivity contribution is -0.274. The predicted octanol–water partition coefficient (Wildman–Crippen LogP) is 6.56. The maximum absolute atomic E-state index is 14.0. The minimum absolute atomic E-state index is 0.000875. The zero-order chi connectivity index (χ0) is 33.3. The lowest BCUT2D eigenvalue weighted by atomic mass is 9.99. The van der Waals surface area contributed by atoms with E-state index in [9.17, 15) is 28.0 Å². The van der Waals surface area contributed by atoms with Crippen LogP contribution >= 0.6 is 11.6 Å². The van der Waals surface area contributed by atoms with Crippen LogP contribution in [-0.2, 0) is 24.6 Å². The number of nitrogens with zero attached hydrogens (tertiary/aromatic N) is 5. The standard InChI is InChI=1S/C31H35ClF3N5O4Si/c1-30(2,3)45(5,6)43-16-8-15-39-28(41)25-27(38(4)29(39)42)37-26(40(25)19-20-11-13-22(32)14-12-20)24(18-36)21-9-7-10-23(17-21)44-31(33,34)35/h7,9-14,17,24H,8,15-16,19H2,1-6H3. The summed E-state index contributed by atoms with van der Waals surface area (Å²) in [5.41, 5.74) is -0.176. The third kappa shape index (κ3) is 7.51. The molecule has 0 aliphatic carbocycles. The van der Waals surface area contributed by atoms with Gasteiger partial charge in [-0.15, -0.1) is 13.2 Å². The fourth-order valence-electron chi connectivity index (χ4n) is 4.68. The normalized spacial score (nSPS) is 13.2. The number of rotatable bonds is 10. The van der Waals surface area contributed by atoms with Crippen molar-refractivity contribution in [2.45, 2.75) is 70.7 Å². The highest BCUT2D eigenvalue weighted by Gasteiger charge is 2.37. The number of benzene rings is 2. The first-order chi connectivity index (χ1) is 20.9. The summed E-state index contributed by atoms with van der Waals surface area (Å²) in [6, 6.07) is 14.0. The van der Waals surface area contributed by atoms with Crippen molar-refractivity contribution in [3.05, 3.63) is 91.3 Å². The van der Waals surface area contributed by atoms with Gasteiger partial charge in [-0.25, -0.2) is 9.78 Å². The van der Waals surface area contributed by atoms with Gasteiger partial charge >= 0.3 is 12.1 Å². The van der Waals surface area contributed by atoms with E-state index in [0.717, 1.165) is 16.7 Å². The summed E-state index contributed by atoms with van der Waals surface area (Å²) in [4.78, 5) is 32.0. The number of ether oxygens (including phenoxy) is 1. The van der Waals surface area contributed by atoms with E-state index in [2.05, 4.69) is 49.7 Å². The first-order valence-electron chi connectivity index (χ1n) is 14.3. The molecule has 0 bridgehead atoms. The van der Waals surface area contributed by atoms with Crippen LogP contribution in [0.1, 0.15) is 50.1 Å². The Kier molecular flexibility index (Phi) is 9.72. The van der Waals surface area contributed by atoms with Crippen molar-refractivity contribution in [1.29, 1.82) is 5.26 Å². The van der Waals surface area contributed by atoms with Crippen molar-refractivity contribution >= 4 is 31.1 Å². The zero-order valence-electron chi connectivity index (χ0n) is 25.9. The summed E-state index contributed by atoms with van der Waals surface area (Å²) in [6.45, 7) is 11.2. The number of alkyl halides is 3. The second-order valence-corrected chi connectivity index (χ2v) is 17.5. The SMILES string of the molecule is Cn1c(=O)n(CCCO[Si](C)(C)C(C)(C)C)c(=O)c2c1nc(C(C#N)c1cccc(OC(F)(F)F)c1)n2Cc1ccc(Cl)cc1. The van der Waals surface area contributed by atoms with Crippen LogP contribution in [0.25, 0.3) is 11.2 Å². The van der Waals surface area contributed by atoms with E-state index >= 15 is 0 Å². The molecule has 45 heavy (non-hydrogen) atoms. The Morgan fingerprint density at radius 3 is 2.33 bits per heavy atom. The maximum Gasteiger partial charge on any atom is 0.573 e. The van der Waals surface area contributed by atoms with Crippen molar-refractivity contribution in [3.63, 3.8) is 0 Å². The minimum Gasteiger partial charge on any atom is -0.417 e. The van der Waals surface area contributed by atoms with E-state index < -0.39 is 37.6 Å². The van der Waals surface area contributed by atoms with Crippen molar-refractivity contribution in [3.8, 4) is 11.8 Å². The minimum atomic E-state index is -4.93. The molecule has 4 aromatic rings. The summed E-state index contributed by atoms with van der Waals surface area (Å²) in [6.07, 6.45) is -4.51. The molecule has 14 heteroatoms. The third-order valence-electron chi connectivity index (χ3n) is 8.12. The van der Waals surface area contributed by atoms with Gasteiger partial charge in [-0.3, -0.25) is 13.9 Å². The summed E-state index contributed by atoms with van der Waals surface area (Å²) in [7, 11) is -0.559. The van der Waals surface area contributed by atoms with Crippen molar-refractivity contribution < 1.29 is 22.3 Å². The topological polar surface area (TPSA) is 104 Å². The summed E-state index contributed by atoms with van der Waals surface area (Å²) < 4.78 is 53.1. The summed E-state index contributed by atoms with van der Waals surface area (Å²) in [5, 5.41) is 10.8. The lowest BCUT2D eigenvalue weighted by Gasteiger charge is -2.36. The number of nitriles is 1. The first kappa shape index (κ1) is 34.0. The molecule has 9 nitrogen and oxygen atoms in total. The van der Waals surface area contributed by atoms with Crippen LogP contribution in [0.2, 0.25) is 23.2 Å². The molecule has 0 saturated carbocycles. The molecule has 1 atom stereocenters. The molecule has 4 rings (SSSR count). The molecule has 2 aromatic carbocycles. The van der Waals surface area contributed by atoms with Gasteiger partial charge < -0.3 is 13.7 Å². The van der Waals surface area contributed by atoms with Gasteiger partial charge in [-0.1, -0.05) is 56.6 Å². The Labute approximate surface area is 264 Å². The van der Waals surface area contributed by atoms with Crippen LogP contribution in [0.4, 0.5) is 13.2 Å². The molecule has 1 unspecified atom stereocenters. The van der Waals surface area contributed by atoms with Crippen LogP contribution in [0, 0.1) is 11.3 Å². The van der Waals surface area contributed by atoms with Crippen LogP contribution in [-0.4, -0.2) is 40.0 Å². The van der Waals surface area contributed by atoms with Gasteiger partial charge in [-0.05, 0) is 59.9 Å². The highest BCUT2D eigenvalue weighted by atomic mass is 35.5. The molecule has 0 spiro atoms. The smallest absolute Gasteiger partial charge is 0.417 e. The van der Waals surface area contributed by atoms with Crippen molar-refractivity contribution in [2.75, 3.05) is 6.61 Å². The Morgan fingerprint density at radius 1 is 1.07 bits per heavy atom. The highest BCUT2D eigenvalue weighted by molar-refractivity contribution is 6.74. The molecule has 0 N–H and O–H groups in total. The molecular formula is C31H35ClF3N5O4Si. The van der Waals surface area contributed by atoms with E-state index in [1.54, 1.807) is 24.3 Å². The number of aromatic nitrogens is 4. The van der Waals surface area contributed by atoms with Gasteiger partial charge in [0.15, 0.2) is 19.5 Å². The third-order valence-corrected chi connectivity index (χ3v) is 12.9. The second kappa shape index (κ2) is 12.9. The molecule has 0 fully saturated rings. The Balaban J connectivity index is 1.84. The molecular weight excluding hydrogens is 627 g/mol. The lowest BCUT2D eigenvalue weighted by Crippen LogP contribution is -2.42. The highest BCUT2D eigenvalue weighted by Crippen LogP contribution is 2.36. The van der Waals surface area contributed by atoms with Gasteiger partial charge in [0.05, 0.1) is 6.07 Å². The molecule has 240 valence electrons. The first-order valence-corrected chi connectivity index (χ1v) is 17.6.